The normalized spacial score (nSPS) is 21.5. The van der Waals surface area contributed by atoms with Crippen LogP contribution in [0.4, 0.5) is 0 Å². The molecule has 2 aliphatic rings. The number of nitrogens with zero attached hydrogens (tertiary/aromatic N) is 1. The van der Waals surface area contributed by atoms with Gasteiger partial charge in [0.2, 0.25) is 10.0 Å². The molecule has 1 heterocycles. The first-order valence-corrected chi connectivity index (χ1v) is 14.1. The van der Waals surface area contributed by atoms with Gasteiger partial charge in [0, 0.05) is 18.5 Å². The highest BCUT2D eigenvalue weighted by atomic mass is 32.2. The zero-order chi connectivity index (χ0) is 22.4. The number of nitrogens with one attached hydrogen (secondary N) is 1. The third-order valence-corrected chi connectivity index (χ3v) is 8.72. The summed E-state index contributed by atoms with van der Waals surface area (Å²) in [5, 5.41) is 0. The van der Waals surface area contributed by atoms with Crippen molar-refractivity contribution < 1.29 is 8.42 Å². The van der Waals surface area contributed by atoms with Gasteiger partial charge in [0.1, 0.15) is 0 Å². The molecule has 0 aromatic heterocycles. The zero-order valence-corrected chi connectivity index (χ0v) is 20.2. The lowest BCUT2D eigenvalue weighted by atomic mass is 9.75. The molecule has 174 valence electrons. The molecule has 1 fully saturated rings. The van der Waals surface area contributed by atoms with Crippen LogP contribution in [0.5, 0.6) is 0 Å². The minimum absolute atomic E-state index is 0.213. The molecule has 4 nitrogen and oxygen atoms in total. The van der Waals surface area contributed by atoms with Gasteiger partial charge >= 0.3 is 0 Å². The Morgan fingerprint density at radius 2 is 1.81 bits per heavy atom. The predicted molar refractivity (Wildman–Crippen MR) is 133 cm³/mol. The Morgan fingerprint density at radius 3 is 2.56 bits per heavy atom. The largest absolute Gasteiger partial charge is 0.300 e. The van der Waals surface area contributed by atoms with Crippen molar-refractivity contribution in [3.8, 4) is 0 Å². The Morgan fingerprint density at radius 1 is 1.03 bits per heavy atom. The fourth-order valence-corrected chi connectivity index (χ4v) is 6.71. The highest BCUT2D eigenvalue weighted by Gasteiger charge is 2.34. The maximum absolute atomic E-state index is 11.9. The summed E-state index contributed by atoms with van der Waals surface area (Å²) in [7, 11) is -3.12. The third kappa shape index (κ3) is 6.00. The van der Waals surface area contributed by atoms with E-state index in [0.29, 0.717) is 24.9 Å². The van der Waals surface area contributed by atoms with E-state index in [4.69, 9.17) is 0 Å². The second-order valence-corrected chi connectivity index (χ2v) is 11.4. The molecule has 1 aliphatic heterocycles. The van der Waals surface area contributed by atoms with E-state index in [0.717, 1.165) is 19.3 Å². The van der Waals surface area contributed by atoms with Crippen LogP contribution in [0.15, 0.2) is 48.5 Å². The van der Waals surface area contributed by atoms with Crippen molar-refractivity contribution >= 4 is 10.0 Å². The van der Waals surface area contributed by atoms with Gasteiger partial charge in [-0.3, -0.25) is 4.90 Å². The minimum atomic E-state index is -3.12. The van der Waals surface area contributed by atoms with Gasteiger partial charge in [0.15, 0.2) is 0 Å². The second-order valence-electron chi connectivity index (χ2n) is 9.50. The van der Waals surface area contributed by atoms with Crippen LogP contribution in [0.25, 0.3) is 0 Å². The zero-order valence-electron chi connectivity index (χ0n) is 19.4. The molecule has 0 bridgehead atoms. The maximum atomic E-state index is 11.9. The van der Waals surface area contributed by atoms with E-state index in [1.807, 2.05) is 6.92 Å². The topological polar surface area (TPSA) is 49.4 Å². The first-order valence-electron chi connectivity index (χ1n) is 12.4. The first kappa shape index (κ1) is 23.5. The van der Waals surface area contributed by atoms with Crippen molar-refractivity contribution in [2.75, 3.05) is 25.4 Å². The molecule has 2 aromatic carbocycles. The molecule has 2 aromatic rings. The maximum Gasteiger partial charge on any atom is 0.211 e. The molecule has 0 saturated carbocycles. The van der Waals surface area contributed by atoms with Crippen LogP contribution in [-0.2, 0) is 29.3 Å². The van der Waals surface area contributed by atoms with Crippen molar-refractivity contribution in [3.63, 3.8) is 0 Å². The van der Waals surface area contributed by atoms with E-state index >= 15 is 0 Å². The lowest BCUT2D eigenvalue weighted by Gasteiger charge is -2.40. The fraction of sp³-hybridized carbons (Fsp3) is 0.556. The number of fused-ring (bicyclic) bond motifs is 1. The quantitative estimate of drug-likeness (QED) is 0.530. The number of likely N-dealkylation sites (tertiary alicyclic amines) is 1. The van der Waals surface area contributed by atoms with E-state index in [-0.39, 0.29) is 5.75 Å². The van der Waals surface area contributed by atoms with Gasteiger partial charge in [0.25, 0.3) is 0 Å². The Labute approximate surface area is 194 Å². The minimum Gasteiger partial charge on any atom is -0.300 e. The van der Waals surface area contributed by atoms with E-state index in [2.05, 4.69) is 58.2 Å². The Kier molecular flexibility index (Phi) is 8.03. The number of hydrogen-bond acceptors (Lipinski definition) is 3. The molecule has 0 amide bonds. The summed E-state index contributed by atoms with van der Waals surface area (Å²) in [6, 6.07) is 18.6. The van der Waals surface area contributed by atoms with E-state index in [1.165, 1.54) is 61.0 Å². The summed E-state index contributed by atoms with van der Waals surface area (Å²) in [5.74, 6) is 0.743. The van der Waals surface area contributed by atoms with Crippen LogP contribution in [-0.4, -0.2) is 44.7 Å². The van der Waals surface area contributed by atoms with Crippen molar-refractivity contribution in [1.82, 2.24) is 9.62 Å². The average molecular weight is 455 g/mol. The highest BCUT2D eigenvalue weighted by Crippen LogP contribution is 2.39. The summed E-state index contributed by atoms with van der Waals surface area (Å²) in [6.07, 6.45) is 8.57. The van der Waals surface area contributed by atoms with E-state index in [1.54, 1.807) is 0 Å². The van der Waals surface area contributed by atoms with Gasteiger partial charge in [-0.2, -0.15) is 0 Å². The molecule has 4 rings (SSSR count). The monoisotopic (exact) mass is 454 g/mol. The third-order valence-electron chi connectivity index (χ3n) is 7.13. The summed E-state index contributed by atoms with van der Waals surface area (Å²) < 4.78 is 26.5. The summed E-state index contributed by atoms with van der Waals surface area (Å²) >= 11 is 0. The van der Waals surface area contributed by atoms with Gasteiger partial charge in [-0.05, 0) is 86.7 Å². The number of aryl methyl sites for hydroxylation is 2. The van der Waals surface area contributed by atoms with Crippen molar-refractivity contribution in [2.45, 2.75) is 70.3 Å². The van der Waals surface area contributed by atoms with Crippen molar-refractivity contribution in [2.24, 2.45) is 0 Å². The summed E-state index contributed by atoms with van der Waals surface area (Å²) in [4.78, 5) is 2.74. The number of benzene rings is 2. The Balaban J connectivity index is 1.49. The predicted octanol–water partition coefficient (Wildman–Crippen LogP) is 4.69. The number of hydrogen-bond donors (Lipinski definition) is 1. The highest BCUT2D eigenvalue weighted by molar-refractivity contribution is 7.89. The van der Waals surface area contributed by atoms with Crippen LogP contribution < -0.4 is 4.72 Å². The molecule has 1 aliphatic carbocycles. The molecular weight excluding hydrogens is 416 g/mol. The first-order chi connectivity index (χ1) is 15.6. The fourth-order valence-electron chi connectivity index (χ4n) is 5.57. The van der Waals surface area contributed by atoms with Gasteiger partial charge < -0.3 is 0 Å². The summed E-state index contributed by atoms with van der Waals surface area (Å²) in [6.45, 7) is 4.89. The Hall–Kier alpha value is -1.69. The van der Waals surface area contributed by atoms with Gasteiger partial charge in [-0.25, -0.2) is 13.1 Å². The average Bonchev–Trinajstić information content (AvgIpc) is 3.32. The van der Waals surface area contributed by atoms with Crippen LogP contribution in [0.2, 0.25) is 0 Å². The standard InChI is InChI=1S/C27H38N2O2S/c1-2-19-32(30,31)28-16-8-11-23-12-13-24-14-15-27(29-17-6-7-18-29)26(25(24)20-23)21-22-9-4-3-5-10-22/h3-5,9-10,12-13,20,26-28H,2,6-8,11,14-19,21H2,1H3. The van der Waals surface area contributed by atoms with E-state index < -0.39 is 10.0 Å². The Bertz CT molecular complexity index is 968. The summed E-state index contributed by atoms with van der Waals surface area (Å²) in [5.41, 5.74) is 5.79. The molecule has 1 saturated heterocycles. The molecule has 32 heavy (non-hydrogen) atoms. The molecule has 2 atom stereocenters. The van der Waals surface area contributed by atoms with Crippen LogP contribution in [0.1, 0.15) is 67.2 Å². The van der Waals surface area contributed by atoms with Crippen LogP contribution in [0.3, 0.4) is 0 Å². The molecule has 5 heteroatoms. The van der Waals surface area contributed by atoms with Gasteiger partial charge in [-0.15, -0.1) is 0 Å². The van der Waals surface area contributed by atoms with Gasteiger partial charge in [0.05, 0.1) is 5.75 Å². The SMILES string of the molecule is CCCS(=O)(=O)NCCCc1ccc2c(c1)C(Cc1ccccc1)C(N1CCCC1)CC2. The number of rotatable bonds is 10. The lowest BCUT2D eigenvalue weighted by molar-refractivity contribution is 0.188. The molecule has 0 spiro atoms. The van der Waals surface area contributed by atoms with Gasteiger partial charge in [-0.1, -0.05) is 55.5 Å². The second kappa shape index (κ2) is 11.0. The van der Waals surface area contributed by atoms with Crippen molar-refractivity contribution in [1.29, 1.82) is 0 Å². The number of sulfonamides is 1. The lowest BCUT2D eigenvalue weighted by Crippen LogP contribution is -2.41. The molecule has 0 radical (unpaired) electrons. The van der Waals surface area contributed by atoms with Crippen molar-refractivity contribution in [3.05, 3.63) is 70.8 Å². The van der Waals surface area contributed by atoms with Crippen LogP contribution >= 0.6 is 0 Å². The molecule has 1 N–H and O–H groups in total. The van der Waals surface area contributed by atoms with E-state index in [9.17, 15) is 8.42 Å². The smallest absolute Gasteiger partial charge is 0.211 e. The van der Waals surface area contributed by atoms with Crippen LogP contribution in [0, 0.1) is 0 Å². The molecule has 2 unspecified atom stereocenters. The molecular formula is C27H38N2O2S.